The van der Waals surface area contributed by atoms with Crippen molar-refractivity contribution in [3.8, 4) is 11.5 Å². The van der Waals surface area contributed by atoms with Crippen molar-refractivity contribution in [1.29, 1.82) is 0 Å². The Bertz CT molecular complexity index is 542. The lowest BCUT2D eigenvalue weighted by Crippen LogP contribution is -2.20. The van der Waals surface area contributed by atoms with E-state index in [0.29, 0.717) is 12.3 Å². The Morgan fingerprint density at radius 2 is 2.16 bits per heavy atom. The minimum Gasteiger partial charge on any atom is -0.454 e. The van der Waals surface area contributed by atoms with Gasteiger partial charge in [-0.2, -0.15) is 11.3 Å². The second kappa shape index (κ2) is 5.61. The fraction of sp³-hybridized carbons (Fsp3) is 0.286. The molecule has 0 radical (unpaired) electrons. The van der Waals surface area contributed by atoms with Crippen LogP contribution in [0, 0.1) is 0 Å². The van der Waals surface area contributed by atoms with Gasteiger partial charge in [-0.1, -0.05) is 6.07 Å². The Balaban J connectivity index is 1.56. The summed E-state index contributed by atoms with van der Waals surface area (Å²) in [5.41, 5.74) is 2.07. The largest absolute Gasteiger partial charge is 0.454 e. The van der Waals surface area contributed by atoms with Crippen molar-refractivity contribution in [3.63, 3.8) is 0 Å². The maximum absolute atomic E-state index is 10.1. The Labute approximate surface area is 115 Å². The fourth-order valence-electron chi connectivity index (χ4n) is 1.98. The molecule has 0 spiro atoms. The van der Waals surface area contributed by atoms with Crippen LogP contribution in [0.4, 0.5) is 0 Å². The van der Waals surface area contributed by atoms with E-state index in [-0.39, 0.29) is 6.79 Å². The van der Waals surface area contributed by atoms with Crippen LogP contribution in [0.3, 0.4) is 0 Å². The van der Waals surface area contributed by atoms with Gasteiger partial charge in [0.2, 0.25) is 6.79 Å². The van der Waals surface area contributed by atoms with Crippen LogP contribution in [0.25, 0.3) is 0 Å². The molecular weight excluding hydrogens is 262 g/mol. The molecule has 2 aromatic rings. The number of nitrogens with one attached hydrogen (secondary N) is 1. The summed E-state index contributed by atoms with van der Waals surface area (Å²) >= 11 is 1.68. The van der Waals surface area contributed by atoms with Crippen molar-refractivity contribution in [2.24, 2.45) is 0 Å². The second-order valence-corrected chi connectivity index (χ2v) is 5.17. The van der Waals surface area contributed by atoms with Crippen LogP contribution in [-0.4, -0.2) is 18.4 Å². The van der Waals surface area contributed by atoms with Crippen LogP contribution in [-0.2, 0) is 6.54 Å². The van der Waals surface area contributed by atoms with E-state index >= 15 is 0 Å². The first-order chi connectivity index (χ1) is 9.33. The molecule has 3 rings (SSSR count). The summed E-state index contributed by atoms with van der Waals surface area (Å²) in [6.45, 7) is 1.53. The molecule has 1 atom stereocenters. The maximum Gasteiger partial charge on any atom is 0.231 e. The monoisotopic (exact) mass is 277 g/mol. The number of ether oxygens (including phenoxy) is 2. The van der Waals surface area contributed by atoms with Gasteiger partial charge in [0, 0.05) is 13.1 Å². The first-order valence-electron chi connectivity index (χ1n) is 6.12. The van der Waals surface area contributed by atoms with E-state index in [9.17, 15) is 5.11 Å². The third-order valence-electron chi connectivity index (χ3n) is 3.03. The number of hydrogen-bond acceptors (Lipinski definition) is 5. The van der Waals surface area contributed by atoms with Crippen molar-refractivity contribution in [1.82, 2.24) is 5.32 Å². The van der Waals surface area contributed by atoms with Gasteiger partial charge in [-0.15, -0.1) is 0 Å². The average molecular weight is 277 g/mol. The van der Waals surface area contributed by atoms with Crippen LogP contribution in [0.15, 0.2) is 35.0 Å². The predicted molar refractivity (Wildman–Crippen MR) is 73.6 cm³/mol. The van der Waals surface area contributed by atoms with Gasteiger partial charge in [0.1, 0.15) is 0 Å². The zero-order valence-corrected chi connectivity index (χ0v) is 11.2. The van der Waals surface area contributed by atoms with E-state index < -0.39 is 6.10 Å². The summed E-state index contributed by atoms with van der Waals surface area (Å²) in [6, 6.07) is 7.61. The molecule has 0 aliphatic carbocycles. The van der Waals surface area contributed by atoms with Crippen molar-refractivity contribution < 1.29 is 14.6 Å². The standard InChI is InChI=1S/C14H15NO3S/c16-12(7-15-6-10-3-4-19-8-10)11-1-2-13-14(5-11)18-9-17-13/h1-5,8,12,15-16H,6-7,9H2. The normalized spacial score (nSPS) is 14.6. The van der Waals surface area contributed by atoms with Gasteiger partial charge in [0.05, 0.1) is 6.10 Å². The lowest BCUT2D eigenvalue weighted by Gasteiger charge is -2.12. The minimum absolute atomic E-state index is 0.255. The molecule has 0 bridgehead atoms. The van der Waals surface area contributed by atoms with E-state index in [4.69, 9.17) is 9.47 Å². The topological polar surface area (TPSA) is 50.7 Å². The van der Waals surface area contributed by atoms with Gasteiger partial charge >= 0.3 is 0 Å². The Morgan fingerprint density at radius 3 is 3.00 bits per heavy atom. The lowest BCUT2D eigenvalue weighted by atomic mass is 10.1. The maximum atomic E-state index is 10.1. The van der Waals surface area contributed by atoms with Crippen molar-refractivity contribution >= 4 is 11.3 Å². The first kappa shape index (κ1) is 12.5. The minimum atomic E-state index is -0.548. The molecule has 0 fully saturated rings. The number of rotatable bonds is 5. The molecule has 100 valence electrons. The summed E-state index contributed by atoms with van der Waals surface area (Å²) in [6.07, 6.45) is -0.548. The Hall–Kier alpha value is -1.56. The molecule has 19 heavy (non-hydrogen) atoms. The molecular formula is C14H15NO3S. The molecule has 0 amide bonds. The smallest absolute Gasteiger partial charge is 0.231 e. The number of fused-ring (bicyclic) bond motifs is 1. The molecule has 1 aromatic heterocycles. The number of benzene rings is 1. The van der Waals surface area contributed by atoms with E-state index in [1.54, 1.807) is 11.3 Å². The van der Waals surface area contributed by atoms with E-state index in [0.717, 1.165) is 17.9 Å². The molecule has 0 saturated heterocycles. The van der Waals surface area contributed by atoms with Crippen molar-refractivity contribution in [2.75, 3.05) is 13.3 Å². The number of aliphatic hydroxyl groups excluding tert-OH is 1. The highest BCUT2D eigenvalue weighted by atomic mass is 32.1. The first-order valence-corrected chi connectivity index (χ1v) is 7.06. The summed E-state index contributed by atoms with van der Waals surface area (Å²) < 4.78 is 10.5. The molecule has 2 N–H and O–H groups in total. The van der Waals surface area contributed by atoms with Gasteiger partial charge in [-0.05, 0) is 40.1 Å². The third kappa shape index (κ3) is 2.89. The highest BCUT2D eigenvalue weighted by Crippen LogP contribution is 2.34. The van der Waals surface area contributed by atoms with Crippen LogP contribution in [0.1, 0.15) is 17.2 Å². The van der Waals surface area contributed by atoms with Crippen LogP contribution >= 0.6 is 11.3 Å². The SMILES string of the molecule is OC(CNCc1ccsc1)c1ccc2c(c1)OCO2. The highest BCUT2D eigenvalue weighted by Gasteiger charge is 2.16. The zero-order valence-electron chi connectivity index (χ0n) is 10.3. The third-order valence-corrected chi connectivity index (χ3v) is 3.76. The molecule has 2 heterocycles. The number of thiophene rings is 1. The Morgan fingerprint density at radius 1 is 1.26 bits per heavy atom. The van der Waals surface area contributed by atoms with Gasteiger partial charge in [-0.25, -0.2) is 0 Å². The molecule has 4 nitrogen and oxygen atoms in total. The average Bonchev–Trinajstić information content (AvgIpc) is 3.08. The summed E-state index contributed by atoms with van der Waals surface area (Å²) in [5.74, 6) is 1.44. The highest BCUT2D eigenvalue weighted by molar-refractivity contribution is 7.07. The molecule has 1 aromatic carbocycles. The Kier molecular flexibility index (Phi) is 3.68. The summed E-state index contributed by atoms with van der Waals surface area (Å²) in [5, 5.41) is 17.5. The molecule has 1 unspecified atom stereocenters. The summed E-state index contributed by atoms with van der Waals surface area (Å²) in [4.78, 5) is 0. The van der Waals surface area contributed by atoms with Crippen molar-refractivity contribution in [2.45, 2.75) is 12.6 Å². The quantitative estimate of drug-likeness (QED) is 0.880. The van der Waals surface area contributed by atoms with Gasteiger partial charge in [0.25, 0.3) is 0 Å². The zero-order chi connectivity index (χ0) is 13.1. The van der Waals surface area contributed by atoms with Crippen LogP contribution in [0.2, 0.25) is 0 Å². The van der Waals surface area contributed by atoms with Crippen LogP contribution < -0.4 is 14.8 Å². The van der Waals surface area contributed by atoms with Gasteiger partial charge in [0.15, 0.2) is 11.5 Å². The molecule has 5 heteroatoms. The second-order valence-electron chi connectivity index (χ2n) is 4.39. The summed E-state index contributed by atoms with van der Waals surface area (Å²) in [7, 11) is 0. The molecule has 0 saturated carbocycles. The van der Waals surface area contributed by atoms with E-state index in [1.807, 2.05) is 23.6 Å². The lowest BCUT2D eigenvalue weighted by molar-refractivity contribution is 0.170. The van der Waals surface area contributed by atoms with Crippen LogP contribution in [0.5, 0.6) is 11.5 Å². The molecule has 1 aliphatic rings. The van der Waals surface area contributed by atoms with E-state index in [1.165, 1.54) is 5.56 Å². The van der Waals surface area contributed by atoms with Gasteiger partial charge in [-0.3, -0.25) is 0 Å². The number of aliphatic hydroxyl groups is 1. The number of hydrogen-bond donors (Lipinski definition) is 2. The fourth-order valence-corrected chi connectivity index (χ4v) is 2.65. The van der Waals surface area contributed by atoms with E-state index in [2.05, 4.69) is 16.8 Å². The predicted octanol–water partition coefficient (Wildman–Crippen LogP) is 2.30. The van der Waals surface area contributed by atoms with Crippen molar-refractivity contribution in [3.05, 3.63) is 46.2 Å². The van der Waals surface area contributed by atoms with Gasteiger partial charge < -0.3 is 19.9 Å². The molecule has 1 aliphatic heterocycles.